The van der Waals surface area contributed by atoms with E-state index in [-0.39, 0.29) is 11.9 Å². The largest absolute Gasteiger partial charge is 0.493 e. The molecule has 0 fully saturated rings. The van der Waals surface area contributed by atoms with Crippen LogP contribution in [-0.2, 0) is 13.0 Å². The standard InChI is InChI=1S/C22H23BrFN3O2/c1-13(16-7-6-15(23)10-18(16)24)26-22-25-12-19-17-11-21(29-3)20(28-2)9-14(17)5-4-8-27(19)22/h6-7,9-13H,4-5,8H2,1-3H3,(H,25,26). The van der Waals surface area contributed by atoms with Crippen molar-refractivity contribution in [2.45, 2.75) is 32.4 Å². The number of nitrogens with zero attached hydrogens (tertiary/aromatic N) is 2. The second kappa shape index (κ2) is 8.06. The first-order valence-corrected chi connectivity index (χ1v) is 10.3. The highest BCUT2D eigenvalue weighted by Gasteiger charge is 2.22. The molecule has 2 heterocycles. The second-order valence-corrected chi connectivity index (χ2v) is 8.03. The van der Waals surface area contributed by atoms with Gasteiger partial charge < -0.3 is 19.4 Å². The summed E-state index contributed by atoms with van der Waals surface area (Å²) in [6.07, 6.45) is 3.78. The van der Waals surface area contributed by atoms with Crippen LogP contribution in [0.25, 0.3) is 11.3 Å². The first kappa shape index (κ1) is 19.8. The normalized spacial score (nSPS) is 13.8. The van der Waals surface area contributed by atoms with Crippen LogP contribution in [0.1, 0.15) is 30.5 Å². The molecule has 1 aliphatic rings. The number of rotatable bonds is 5. The van der Waals surface area contributed by atoms with Crippen LogP contribution in [0.15, 0.2) is 41.0 Å². The molecule has 2 aromatic carbocycles. The minimum atomic E-state index is -0.246. The second-order valence-electron chi connectivity index (χ2n) is 7.12. The molecule has 0 saturated carbocycles. The zero-order valence-electron chi connectivity index (χ0n) is 16.6. The smallest absolute Gasteiger partial charge is 0.203 e. The third-order valence-electron chi connectivity index (χ3n) is 5.34. The lowest BCUT2D eigenvalue weighted by Gasteiger charge is -2.18. The third kappa shape index (κ3) is 3.71. The van der Waals surface area contributed by atoms with Crippen LogP contribution in [0, 0.1) is 5.82 Å². The predicted molar refractivity (Wildman–Crippen MR) is 115 cm³/mol. The summed E-state index contributed by atoms with van der Waals surface area (Å²) < 4.78 is 28.2. The molecule has 1 unspecified atom stereocenters. The molecular formula is C22H23BrFN3O2. The number of aromatic nitrogens is 2. The topological polar surface area (TPSA) is 48.3 Å². The fraction of sp³-hybridized carbons (Fsp3) is 0.318. The van der Waals surface area contributed by atoms with Gasteiger partial charge in [-0.2, -0.15) is 0 Å². The molecular weight excluding hydrogens is 437 g/mol. The number of fused-ring (bicyclic) bond motifs is 3. The zero-order chi connectivity index (χ0) is 20.5. The van der Waals surface area contributed by atoms with E-state index in [1.807, 2.05) is 31.3 Å². The molecule has 0 bridgehead atoms. The van der Waals surface area contributed by atoms with Gasteiger partial charge in [0.25, 0.3) is 0 Å². The number of nitrogens with one attached hydrogen (secondary N) is 1. The molecule has 0 aliphatic carbocycles. The van der Waals surface area contributed by atoms with Crippen molar-refractivity contribution in [2.75, 3.05) is 19.5 Å². The monoisotopic (exact) mass is 459 g/mol. The minimum absolute atomic E-state index is 0.220. The Labute approximate surface area is 178 Å². The molecule has 0 saturated heterocycles. The summed E-state index contributed by atoms with van der Waals surface area (Å²) in [6.45, 7) is 2.76. The van der Waals surface area contributed by atoms with E-state index in [9.17, 15) is 4.39 Å². The number of hydrogen-bond acceptors (Lipinski definition) is 4. The summed E-state index contributed by atoms with van der Waals surface area (Å²) in [6, 6.07) is 8.95. The van der Waals surface area contributed by atoms with Crippen molar-refractivity contribution in [2.24, 2.45) is 0 Å². The summed E-state index contributed by atoms with van der Waals surface area (Å²) in [5.74, 6) is 1.92. The van der Waals surface area contributed by atoms with E-state index >= 15 is 0 Å². The van der Waals surface area contributed by atoms with Crippen molar-refractivity contribution in [3.63, 3.8) is 0 Å². The first-order chi connectivity index (χ1) is 14.0. The molecule has 1 N–H and O–H groups in total. The van der Waals surface area contributed by atoms with E-state index in [1.54, 1.807) is 20.3 Å². The van der Waals surface area contributed by atoms with Crippen molar-refractivity contribution in [3.05, 3.63) is 57.9 Å². The molecule has 152 valence electrons. The van der Waals surface area contributed by atoms with Crippen LogP contribution in [0.3, 0.4) is 0 Å². The average molecular weight is 460 g/mol. The van der Waals surface area contributed by atoms with Gasteiger partial charge in [-0.15, -0.1) is 0 Å². The van der Waals surface area contributed by atoms with Gasteiger partial charge >= 0.3 is 0 Å². The molecule has 1 aromatic heterocycles. The van der Waals surface area contributed by atoms with E-state index < -0.39 is 0 Å². The Balaban J connectivity index is 1.70. The Kier molecular flexibility index (Phi) is 5.50. The van der Waals surface area contributed by atoms with Crippen LogP contribution in [0.2, 0.25) is 0 Å². The number of imidazole rings is 1. The first-order valence-electron chi connectivity index (χ1n) is 9.54. The van der Waals surface area contributed by atoms with Crippen LogP contribution in [0.4, 0.5) is 10.3 Å². The van der Waals surface area contributed by atoms with Gasteiger partial charge in [0.15, 0.2) is 11.5 Å². The lowest BCUT2D eigenvalue weighted by Crippen LogP contribution is -2.13. The molecule has 0 amide bonds. The van der Waals surface area contributed by atoms with Crippen LogP contribution in [-0.4, -0.2) is 23.8 Å². The maximum atomic E-state index is 14.4. The number of anilines is 1. The van der Waals surface area contributed by atoms with E-state index in [0.29, 0.717) is 11.3 Å². The van der Waals surface area contributed by atoms with Crippen LogP contribution in [0.5, 0.6) is 11.5 Å². The van der Waals surface area contributed by atoms with Crippen molar-refractivity contribution >= 4 is 21.9 Å². The van der Waals surface area contributed by atoms with Crippen LogP contribution >= 0.6 is 15.9 Å². The molecule has 1 atom stereocenters. The fourth-order valence-electron chi connectivity index (χ4n) is 3.85. The molecule has 5 nitrogen and oxygen atoms in total. The minimum Gasteiger partial charge on any atom is -0.493 e. The Morgan fingerprint density at radius 1 is 1.17 bits per heavy atom. The number of aryl methyl sites for hydroxylation is 1. The summed E-state index contributed by atoms with van der Waals surface area (Å²) in [5, 5.41) is 3.38. The lowest BCUT2D eigenvalue weighted by molar-refractivity contribution is 0.354. The summed E-state index contributed by atoms with van der Waals surface area (Å²) >= 11 is 3.31. The zero-order valence-corrected chi connectivity index (χ0v) is 18.2. The van der Waals surface area contributed by atoms with Gasteiger partial charge in [0, 0.05) is 22.1 Å². The Hall–Kier alpha value is -2.54. The maximum Gasteiger partial charge on any atom is 0.203 e. The summed E-state index contributed by atoms with van der Waals surface area (Å²) in [7, 11) is 3.29. The molecule has 7 heteroatoms. The quantitative estimate of drug-likeness (QED) is 0.540. The number of methoxy groups -OCH3 is 2. The number of halogens is 2. The molecule has 0 radical (unpaired) electrons. The third-order valence-corrected chi connectivity index (χ3v) is 5.84. The van der Waals surface area contributed by atoms with Gasteiger partial charge in [0.1, 0.15) is 5.82 Å². The molecule has 4 rings (SSSR count). The fourth-order valence-corrected chi connectivity index (χ4v) is 4.18. The highest BCUT2D eigenvalue weighted by molar-refractivity contribution is 9.10. The summed E-state index contributed by atoms with van der Waals surface area (Å²) in [5.41, 5.74) is 3.92. The van der Waals surface area contributed by atoms with Gasteiger partial charge in [-0.25, -0.2) is 9.37 Å². The lowest BCUT2D eigenvalue weighted by atomic mass is 10.0. The van der Waals surface area contributed by atoms with Crippen LogP contribution < -0.4 is 14.8 Å². The predicted octanol–water partition coefficient (Wildman–Crippen LogP) is 5.59. The van der Waals surface area contributed by atoms with E-state index in [4.69, 9.17) is 9.47 Å². The number of ether oxygens (including phenoxy) is 2. The van der Waals surface area contributed by atoms with Crippen molar-refractivity contribution in [1.82, 2.24) is 9.55 Å². The highest BCUT2D eigenvalue weighted by atomic mass is 79.9. The van der Waals surface area contributed by atoms with Crippen molar-refractivity contribution in [1.29, 1.82) is 0 Å². The SMILES string of the molecule is COc1cc2c(cc1OC)-c1cnc(NC(C)c3ccc(Br)cc3F)n1CCC2. The number of benzene rings is 2. The van der Waals surface area contributed by atoms with Gasteiger partial charge in [-0.05, 0) is 49.6 Å². The van der Waals surface area contributed by atoms with Crippen molar-refractivity contribution < 1.29 is 13.9 Å². The molecule has 3 aromatic rings. The molecule has 0 spiro atoms. The van der Waals surface area contributed by atoms with E-state index in [2.05, 4.69) is 30.8 Å². The Morgan fingerprint density at radius 2 is 1.93 bits per heavy atom. The molecule has 29 heavy (non-hydrogen) atoms. The van der Waals surface area contributed by atoms with Crippen molar-refractivity contribution in [3.8, 4) is 22.8 Å². The van der Waals surface area contributed by atoms with Gasteiger partial charge in [-0.3, -0.25) is 0 Å². The molecule has 1 aliphatic heterocycles. The summed E-state index contributed by atoms with van der Waals surface area (Å²) in [4.78, 5) is 4.60. The van der Waals surface area contributed by atoms with E-state index in [0.717, 1.165) is 46.8 Å². The van der Waals surface area contributed by atoms with E-state index in [1.165, 1.54) is 11.6 Å². The maximum absolute atomic E-state index is 14.4. The average Bonchev–Trinajstić information content (AvgIpc) is 3.00. The highest BCUT2D eigenvalue weighted by Crippen LogP contribution is 2.39. The Morgan fingerprint density at radius 3 is 2.66 bits per heavy atom. The van der Waals surface area contributed by atoms with Gasteiger partial charge in [0.2, 0.25) is 5.95 Å². The van der Waals surface area contributed by atoms with Gasteiger partial charge in [0.05, 0.1) is 32.2 Å². The van der Waals surface area contributed by atoms with Gasteiger partial charge in [-0.1, -0.05) is 22.0 Å². The number of hydrogen-bond donors (Lipinski definition) is 1. The Bertz CT molecular complexity index is 1050.